The van der Waals surface area contributed by atoms with Crippen molar-refractivity contribution < 1.29 is 14.6 Å². The Hall–Kier alpha value is -3.58. The summed E-state index contributed by atoms with van der Waals surface area (Å²) in [5.41, 5.74) is 7.16. The molecule has 4 rings (SSSR count). The van der Waals surface area contributed by atoms with E-state index in [4.69, 9.17) is 10.5 Å². The Balaban J connectivity index is 1.93. The number of ether oxygens (including phenoxy) is 1. The van der Waals surface area contributed by atoms with Crippen molar-refractivity contribution in [2.45, 2.75) is 12.0 Å². The molecule has 0 fully saturated rings. The van der Waals surface area contributed by atoms with Gasteiger partial charge in [0, 0.05) is 32.3 Å². The lowest BCUT2D eigenvalue weighted by Crippen LogP contribution is -2.47. The Bertz CT molecular complexity index is 1090. The van der Waals surface area contributed by atoms with Crippen LogP contribution < -0.4 is 11.2 Å². The van der Waals surface area contributed by atoms with Crippen LogP contribution in [0.15, 0.2) is 71.7 Å². The van der Waals surface area contributed by atoms with Crippen molar-refractivity contribution in [1.29, 1.82) is 0 Å². The summed E-state index contributed by atoms with van der Waals surface area (Å²) >= 11 is 0. The third-order valence-electron chi connectivity index (χ3n) is 5.76. The minimum absolute atomic E-state index is 0.0385. The minimum atomic E-state index is -0.733. The highest BCUT2D eigenvalue weighted by Gasteiger charge is 2.38. The molecule has 3 aromatic rings. The molecule has 2 aromatic carbocycles. The monoisotopic (exact) mass is 419 g/mol. The first kappa shape index (κ1) is 20.7. The van der Waals surface area contributed by atoms with Crippen molar-refractivity contribution in [1.82, 2.24) is 9.47 Å². The second-order valence-electron chi connectivity index (χ2n) is 7.63. The first-order chi connectivity index (χ1) is 15.0. The molecule has 1 atom stereocenters. The zero-order valence-electron chi connectivity index (χ0n) is 17.3. The largest absolute Gasteiger partial charge is 0.502 e. The number of rotatable bonds is 6. The number of benzene rings is 2. The maximum atomic E-state index is 13.2. The zero-order chi connectivity index (χ0) is 22.0. The SMILES string of the molecule is COCCN1C[C@H](C(c2ccccc2)c2ccccc2)n2cc(N)c(=O)c(O)c2C1=O. The number of nitrogens with two attached hydrogens (primary N) is 1. The molecule has 0 saturated carbocycles. The van der Waals surface area contributed by atoms with E-state index in [0.717, 1.165) is 11.1 Å². The van der Waals surface area contributed by atoms with E-state index in [9.17, 15) is 14.7 Å². The zero-order valence-corrected chi connectivity index (χ0v) is 17.3. The van der Waals surface area contributed by atoms with Gasteiger partial charge in [0.2, 0.25) is 5.43 Å². The standard InChI is InChI=1S/C24H25N3O4/c1-31-13-12-26-15-19(27-14-18(25)22(28)23(29)21(27)24(26)30)20(16-8-4-2-5-9-16)17-10-6-3-7-11-17/h2-11,14,19-20,29H,12-13,15,25H2,1H3/t19-/m1/s1. The van der Waals surface area contributed by atoms with Gasteiger partial charge in [-0.25, -0.2) is 0 Å². The normalized spacial score (nSPS) is 15.9. The molecule has 2 heterocycles. The maximum absolute atomic E-state index is 13.2. The summed E-state index contributed by atoms with van der Waals surface area (Å²) in [6.45, 7) is 1.07. The van der Waals surface area contributed by atoms with E-state index in [0.29, 0.717) is 19.7 Å². The van der Waals surface area contributed by atoms with Crippen LogP contribution in [0.2, 0.25) is 0 Å². The van der Waals surface area contributed by atoms with E-state index in [2.05, 4.69) is 0 Å². The van der Waals surface area contributed by atoms with Crippen LogP contribution in [0, 0.1) is 0 Å². The predicted octanol–water partition coefficient (Wildman–Crippen LogP) is 2.61. The molecule has 0 saturated heterocycles. The van der Waals surface area contributed by atoms with Gasteiger partial charge in [-0.2, -0.15) is 0 Å². The average molecular weight is 419 g/mol. The van der Waals surface area contributed by atoms with E-state index in [1.165, 1.54) is 6.20 Å². The molecule has 1 aliphatic rings. The highest BCUT2D eigenvalue weighted by Crippen LogP contribution is 2.40. The van der Waals surface area contributed by atoms with Gasteiger partial charge in [-0.05, 0) is 11.1 Å². The van der Waals surface area contributed by atoms with Crippen LogP contribution in [-0.4, -0.2) is 47.3 Å². The number of fused-ring (bicyclic) bond motifs is 1. The van der Waals surface area contributed by atoms with Crippen LogP contribution in [0.5, 0.6) is 5.75 Å². The summed E-state index contributed by atoms with van der Waals surface area (Å²) in [5.74, 6) is -1.17. The first-order valence-electron chi connectivity index (χ1n) is 10.1. The number of hydrogen-bond donors (Lipinski definition) is 2. The van der Waals surface area contributed by atoms with Gasteiger partial charge < -0.3 is 25.0 Å². The molecule has 1 amide bonds. The Morgan fingerprint density at radius 2 is 1.65 bits per heavy atom. The summed E-state index contributed by atoms with van der Waals surface area (Å²) < 4.78 is 6.84. The maximum Gasteiger partial charge on any atom is 0.274 e. The number of methoxy groups -OCH3 is 1. The fraction of sp³-hybridized carbons (Fsp3) is 0.250. The number of pyridine rings is 1. The molecular weight excluding hydrogens is 394 g/mol. The topological polar surface area (TPSA) is 97.8 Å². The van der Waals surface area contributed by atoms with Gasteiger partial charge in [-0.15, -0.1) is 0 Å². The van der Waals surface area contributed by atoms with Gasteiger partial charge in [0.05, 0.1) is 12.6 Å². The number of carbonyl (C=O) groups is 1. The predicted molar refractivity (Wildman–Crippen MR) is 118 cm³/mol. The number of aromatic nitrogens is 1. The van der Waals surface area contributed by atoms with Crippen molar-refractivity contribution in [2.24, 2.45) is 0 Å². The Morgan fingerprint density at radius 1 is 1.06 bits per heavy atom. The second-order valence-corrected chi connectivity index (χ2v) is 7.63. The number of hydrogen-bond acceptors (Lipinski definition) is 5. The summed E-state index contributed by atoms with van der Waals surface area (Å²) in [4.78, 5) is 27.1. The number of nitrogens with zero attached hydrogens (tertiary/aromatic N) is 2. The van der Waals surface area contributed by atoms with Gasteiger partial charge in [-0.1, -0.05) is 60.7 Å². The first-order valence-corrected chi connectivity index (χ1v) is 10.1. The van der Waals surface area contributed by atoms with Gasteiger partial charge in [0.15, 0.2) is 11.4 Å². The summed E-state index contributed by atoms with van der Waals surface area (Å²) in [5, 5.41) is 10.6. The highest BCUT2D eigenvalue weighted by molar-refractivity contribution is 5.96. The number of nitrogen functional groups attached to an aromatic ring is 1. The number of anilines is 1. The molecule has 0 bridgehead atoms. The molecule has 160 valence electrons. The Labute approximate surface area is 180 Å². The van der Waals surface area contributed by atoms with E-state index in [-0.39, 0.29) is 23.3 Å². The van der Waals surface area contributed by atoms with Gasteiger partial charge in [0.25, 0.3) is 5.91 Å². The van der Waals surface area contributed by atoms with Crippen LogP contribution in [0.1, 0.15) is 33.6 Å². The van der Waals surface area contributed by atoms with Gasteiger partial charge >= 0.3 is 0 Å². The molecule has 3 N–H and O–H groups in total. The second kappa shape index (κ2) is 8.65. The molecule has 0 radical (unpaired) electrons. The van der Waals surface area contributed by atoms with Crippen molar-refractivity contribution in [3.63, 3.8) is 0 Å². The minimum Gasteiger partial charge on any atom is -0.502 e. The smallest absolute Gasteiger partial charge is 0.274 e. The third-order valence-corrected chi connectivity index (χ3v) is 5.76. The fourth-order valence-corrected chi connectivity index (χ4v) is 4.28. The summed E-state index contributed by atoms with van der Waals surface area (Å²) in [6, 6.07) is 19.7. The Kier molecular flexibility index (Phi) is 5.77. The highest BCUT2D eigenvalue weighted by atomic mass is 16.5. The van der Waals surface area contributed by atoms with Crippen molar-refractivity contribution >= 4 is 11.6 Å². The molecule has 7 nitrogen and oxygen atoms in total. The van der Waals surface area contributed by atoms with Crippen LogP contribution in [0.25, 0.3) is 0 Å². The van der Waals surface area contributed by atoms with Crippen molar-refractivity contribution in [3.05, 3.63) is 93.9 Å². The molecule has 0 spiro atoms. The van der Waals surface area contributed by atoms with E-state index >= 15 is 0 Å². The Morgan fingerprint density at radius 3 is 2.19 bits per heavy atom. The molecule has 7 heteroatoms. The van der Waals surface area contributed by atoms with Crippen LogP contribution >= 0.6 is 0 Å². The van der Waals surface area contributed by atoms with Crippen molar-refractivity contribution in [2.75, 3.05) is 32.5 Å². The van der Waals surface area contributed by atoms with Crippen LogP contribution in [0.4, 0.5) is 5.69 Å². The average Bonchev–Trinajstić information content (AvgIpc) is 2.79. The molecule has 1 aliphatic heterocycles. The molecular formula is C24H25N3O4. The number of amides is 1. The van der Waals surface area contributed by atoms with Gasteiger partial charge in [0.1, 0.15) is 5.69 Å². The molecule has 1 aromatic heterocycles. The lowest BCUT2D eigenvalue weighted by atomic mass is 9.83. The molecule has 0 unspecified atom stereocenters. The quantitative estimate of drug-likeness (QED) is 0.640. The molecule has 31 heavy (non-hydrogen) atoms. The third kappa shape index (κ3) is 3.80. The van der Waals surface area contributed by atoms with Gasteiger partial charge in [-0.3, -0.25) is 9.59 Å². The lowest BCUT2D eigenvalue weighted by Gasteiger charge is -2.40. The number of aromatic hydroxyl groups is 1. The summed E-state index contributed by atoms with van der Waals surface area (Å²) in [6.07, 6.45) is 1.48. The van der Waals surface area contributed by atoms with E-state index in [1.807, 2.05) is 60.7 Å². The van der Waals surface area contributed by atoms with Crippen LogP contribution in [-0.2, 0) is 4.74 Å². The van der Waals surface area contributed by atoms with Crippen molar-refractivity contribution in [3.8, 4) is 5.75 Å². The lowest BCUT2D eigenvalue weighted by molar-refractivity contribution is 0.0583. The fourth-order valence-electron chi connectivity index (χ4n) is 4.28. The van der Waals surface area contributed by atoms with Crippen LogP contribution in [0.3, 0.4) is 0 Å². The summed E-state index contributed by atoms with van der Waals surface area (Å²) in [7, 11) is 1.57. The van der Waals surface area contributed by atoms with E-state index in [1.54, 1.807) is 16.6 Å². The number of carbonyl (C=O) groups excluding carboxylic acids is 1. The van der Waals surface area contributed by atoms with E-state index < -0.39 is 17.1 Å². The molecule has 0 aliphatic carbocycles.